The molecule has 0 radical (unpaired) electrons. The van der Waals surface area contributed by atoms with Gasteiger partial charge in [0.2, 0.25) is 5.91 Å². The van der Waals surface area contributed by atoms with Crippen molar-refractivity contribution >= 4 is 11.9 Å². The normalized spacial score (nSPS) is 15.4. The molecule has 4 N–H and O–H groups in total. The van der Waals surface area contributed by atoms with Crippen molar-refractivity contribution in [2.75, 3.05) is 20.2 Å². The fourth-order valence-electron chi connectivity index (χ4n) is 2.04. The van der Waals surface area contributed by atoms with Crippen LogP contribution in [0.5, 0.6) is 0 Å². The number of nitrogens with two attached hydrogens (primary N) is 1. The first kappa shape index (κ1) is 18.9. The molecule has 2 unspecified atom stereocenters. The summed E-state index contributed by atoms with van der Waals surface area (Å²) in [5.41, 5.74) is 4.57. The van der Waals surface area contributed by atoms with E-state index in [4.69, 9.17) is 10.5 Å². The summed E-state index contributed by atoms with van der Waals surface area (Å²) in [5.74, 6) is -0.611. The monoisotopic (exact) mass is 287 g/mol. The van der Waals surface area contributed by atoms with Crippen LogP contribution in [0.2, 0.25) is 0 Å². The van der Waals surface area contributed by atoms with Crippen LogP contribution in [0.1, 0.15) is 46.5 Å². The maximum absolute atomic E-state index is 12.1. The molecule has 0 aromatic carbocycles. The molecule has 0 aromatic rings. The van der Waals surface area contributed by atoms with Crippen LogP contribution in [0, 0.1) is 0 Å². The van der Waals surface area contributed by atoms with E-state index in [9.17, 15) is 9.59 Å². The van der Waals surface area contributed by atoms with Gasteiger partial charge in [-0.05, 0) is 53.1 Å². The minimum Gasteiger partial charge on any atom is -0.465 e. The van der Waals surface area contributed by atoms with Gasteiger partial charge >= 0.3 is 5.97 Å². The molecule has 0 saturated carbocycles. The molecule has 0 aliphatic rings. The van der Waals surface area contributed by atoms with Gasteiger partial charge in [0.15, 0.2) is 0 Å². The van der Waals surface area contributed by atoms with E-state index in [-0.39, 0.29) is 17.9 Å². The van der Waals surface area contributed by atoms with Crippen LogP contribution < -0.4 is 16.4 Å². The number of rotatable bonds is 11. The van der Waals surface area contributed by atoms with Gasteiger partial charge in [-0.25, -0.2) is 0 Å². The van der Waals surface area contributed by atoms with Gasteiger partial charge in [0.1, 0.15) is 5.54 Å². The lowest BCUT2D eigenvalue weighted by Gasteiger charge is -2.29. The van der Waals surface area contributed by atoms with Crippen molar-refractivity contribution in [2.45, 2.75) is 58.0 Å². The van der Waals surface area contributed by atoms with Crippen molar-refractivity contribution in [1.29, 1.82) is 0 Å². The standard InChI is InChI=1S/C14H29N3O3/c1-5-10-17-14(3,13(19)20-6-2)9-7-8-11(16-4)12(15)18/h11,16-17H,5-10H2,1-4H3,(H2,15,18). The molecule has 0 aromatic heterocycles. The van der Waals surface area contributed by atoms with Crippen molar-refractivity contribution < 1.29 is 14.3 Å². The fraction of sp³-hybridized carbons (Fsp3) is 0.857. The Kier molecular flexibility index (Phi) is 9.16. The second-order valence-corrected chi connectivity index (χ2v) is 5.12. The Hall–Kier alpha value is -1.14. The molecule has 0 rings (SSSR count). The maximum atomic E-state index is 12.1. The maximum Gasteiger partial charge on any atom is 0.326 e. The first-order valence-electron chi connectivity index (χ1n) is 7.30. The predicted molar refractivity (Wildman–Crippen MR) is 79.2 cm³/mol. The highest BCUT2D eigenvalue weighted by Gasteiger charge is 2.33. The van der Waals surface area contributed by atoms with Crippen molar-refractivity contribution in [3.63, 3.8) is 0 Å². The highest BCUT2D eigenvalue weighted by Crippen LogP contribution is 2.17. The number of carbonyl (C=O) groups is 2. The zero-order chi connectivity index (χ0) is 15.6. The molecule has 20 heavy (non-hydrogen) atoms. The lowest BCUT2D eigenvalue weighted by Crippen LogP contribution is -2.51. The molecular weight excluding hydrogens is 258 g/mol. The number of nitrogens with one attached hydrogen (secondary N) is 2. The SMILES string of the molecule is CCCNC(C)(CCCC(NC)C(N)=O)C(=O)OCC. The lowest BCUT2D eigenvalue weighted by atomic mass is 9.93. The molecule has 0 saturated heterocycles. The summed E-state index contributed by atoms with van der Waals surface area (Å²) in [7, 11) is 1.70. The summed E-state index contributed by atoms with van der Waals surface area (Å²) in [6.45, 7) is 6.80. The van der Waals surface area contributed by atoms with Crippen LogP contribution in [0.3, 0.4) is 0 Å². The molecule has 0 fully saturated rings. The Morgan fingerprint density at radius 2 is 2.00 bits per heavy atom. The molecule has 0 aliphatic heterocycles. The summed E-state index contributed by atoms with van der Waals surface area (Å²) in [6.07, 6.45) is 2.86. The van der Waals surface area contributed by atoms with E-state index in [0.29, 0.717) is 25.9 Å². The largest absolute Gasteiger partial charge is 0.465 e. The van der Waals surface area contributed by atoms with Crippen LogP contribution in [-0.2, 0) is 14.3 Å². The number of primary amides is 1. The number of ether oxygens (including phenoxy) is 1. The minimum absolute atomic E-state index is 0.242. The van der Waals surface area contributed by atoms with Gasteiger partial charge in [-0.15, -0.1) is 0 Å². The van der Waals surface area contributed by atoms with Gasteiger partial charge in [0.05, 0.1) is 12.6 Å². The van der Waals surface area contributed by atoms with Gasteiger partial charge in [0.25, 0.3) is 0 Å². The molecule has 0 heterocycles. The van der Waals surface area contributed by atoms with E-state index in [1.807, 2.05) is 13.8 Å². The average Bonchev–Trinajstić information content (AvgIpc) is 2.41. The number of likely N-dealkylation sites (N-methyl/N-ethyl adjacent to an activating group) is 1. The smallest absolute Gasteiger partial charge is 0.326 e. The number of carbonyl (C=O) groups excluding carboxylic acids is 2. The van der Waals surface area contributed by atoms with Gasteiger partial charge in [-0.3, -0.25) is 9.59 Å². The predicted octanol–water partition coefficient (Wildman–Crippen LogP) is 0.551. The van der Waals surface area contributed by atoms with E-state index in [2.05, 4.69) is 10.6 Å². The lowest BCUT2D eigenvalue weighted by molar-refractivity contribution is -0.150. The van der Waals surface area contributed by atoms with E-state index >= 15 is 0 Å². The average molecular weight is 287 g/mol. The van der Waals surface area contributed by atoms with E-state index in [0.717, 1.165) is 13.0 Å². The van der Waals surface area contributed by atoms with E-state index in [1.165, 1.54) is 0 Å². The number of esters is 1. The van der Waals surface area contributed by atoms with Gasteiger partial charge in [0, 0.05) is 0 Å². The summed E-state index contributed by atoms with van der Waals surface area (Å²) in [6, 6.07) is -0.354. The van der Waals surface area contributed by atoms with Crippen LogP contribution >= 0.6 is 0 Å². The van der Waals surface area contributed by atoms with Crippen LogP contribution in [0.15, 0.2) is 0 Å². The van der Waals surface area contributed by atoms with E-state index in [1.54, 1.807) is 14.0 Å². The highest BCUT2D eigenvalue weighted by atomic mass is 16.5. The molecule has 0 bridgehead atoms. The summed E-state index contributed by atoms with van der Waals surface area (Å²) >= 11 is 0. The van der Waals surface area contributed by atoms with Crippen molar-refractivity contribution in [3.8, 4) is 0 Å². The van der Waals surface area contributed by atoms with Gasteiger partial charge in [-0.2, -0.15) is 0 Å². The fourth-order valence-corrected chi connectivity index (χ4v) is 2.04. The molecule has 6 nitrogen and oxygen atoms in total. The third-order valence-corrected chi connectivity index (χ3v) is 3.35. The number of hydrogen-bond acceptors (Lipinski definition) is 5. The third kappa shape index (κ3) is 6.34. The molecule has 0 spiro atoms. The molecular formula is C14H29N3O3. The molecule has 6 heteroatoms. The Bertz CT molecular complexity index is 310. The summed E-state index contributed by atoms with van der Waals surface area (Å²) < 4.78 is 5.13. The van der Waals surface area contributed by atoms with Crippen molar-refractivity contribution in [1.82, 2.24) is 10.6 Å². The van der Waals surface area contributed by atoms with Crippen LogP contribution in [0.4, 0.5) is 0 Å². The summed E-state index contributed by atoms with van der Waals surface area (Å²) in [5, 5.41) is 6.11. The first-order chi connectivity index (χ1) is 9.41. The Labute approximate surface area is 121 Å². The zero-order valence-electron chi connectivity index (χ0n) is 13.1. The first-order valence-corrected chi connectivity index (χ1v) is 7.30. The molecule has 118 valence electrons. The zero-order valence-corrected chi connectivity index (χ0v) is 13.1. The minimum atomic E-state index is -0.706. The highest BCUT2D eigenvalue weighted by molar-refractivity contribution is 5.80. The Morgan fingerprint density at radius 3 is 2.45 bits per heavy atom. The number of amides is 1. The topological polar surface area (TPSA) is 93.5 Å². The van der Waals surface area contributed by atoms with Crippen molar-refractivity contribution in [3.05, 3.63) is 0 Å². The second-order valence-electron chi connectivity index (χ2n) is 5.12. The Morgan fingerprint density at radius 1 is 1.35 bits per heavy atom. The van der Waals surface area contributed by atoms with Crippen molar-refractivity contribution in [2.24, 2.45) is 5.73 Å². The molecule has 1 amide bonds. The van der Waals surface area contributed by atoms with E-state index < -0.39 is 5.54 Å². The second kappa shape index (κ2) is 9.72. The quantitative estimate of drug-likeness (QED) is 0.483. The summed E-state index contributed by atoms with van der Waals surface area (Å²) in [4.78, 5) is 23.2. The Balaban J connectivity index is 4.49. The third-order valence-electron chi connectivity index (χ3n) is 3.35. The van der Waals surface area contributed by atoms with Gasteiger partial charge in [-0.1, -0.05) is 6.92 Å². The molecule has 0 aliphatic carbocycles. The van der Waals surface area contributed by atoms with Gasteiger partial charge < -0.3 is 21.1 Å². The number of hydrogen-bond donors (Lipinski definition) is 3. The molecule has 2 atom stereocenters. The van der Waals surface area contributed by atoms with Crippen LogP contribution in [-0.4, -0.2) is 43.7 Å². The van der Waals surface area contributed by atoms with Crippen LogP contribution in [0.25, 0.3) is 0 Å².